The van der Waals surface area contributed by atoms with Gasteiger partial charge < -0.3 is 40.4 Å². The van der Waals surface area contributed by atoms with Crippen molar-refractivity contribution in [3.05, 3.63) is 129 Å². The van der Waals surface area contributed by atoms with E-state index in [1.807, 2.05) is 12.2 Å². The topological polar surface area (TPSA) is 215 Å². The summed E-state index contributed by atoms with van der Waals surface area (Å²) < 4.78 is 46.7. The summed E-state index contributed by atoms with van der Waals surface area (Å²) in [6.45, 7) is 4.61. The number of hydrogen-bond acceptors (Lipinski definition) is 13. The highest BCUT2D eigenvalue weighted by atomic mass is 35.5. The summed E-state index contributed by atoms with van der Waals surface area (Å²) in [5.41, 5.74) is 4.46. The summed E-state index contributed by atoms with van der Waals surface area (Å²) in [5, 5.41) is 15.1. The molecule has 1 fully saturated rings. The van der Waals surface area contributed by atoms with Crippen LogP contribution in [0.1, 0.15) is 77.6 Å². The van der Waals surface area contributed by atoms with Gasteiger partial charge in [-0.1, -0.05) is 54.4 Å². The predicted octanol–water partition coefficient (Wildman–Crippen LogP) is 5.81. The number of benzene rings is 3. The fraction of sp³-hybridized carbons (Fsp3) is 0.385. The number of unbranched alkanes of at least 4 members (excludes halogenated alkanes) is 2. The quantitative estimate of drug-likeness (QED) is 0.0416. The number of hydrogen-bond donors (Lipinski definition) is 5. The van der Waals surface area contributed by atoms with Gasteiger partial charge in [-0.05, 0) is 68.6 Å². The first kappa shape index (κ1) is 51.6. The number of carbonyl (C=O) groups is 5. The highest BCUT2D eigenvalue weighted by molar-refractivity contribution is 6.31. The third-order valence-electron chi connectivity index (χ3n) is 12.5. The van der Waals surface area contributed by atoms with E-state index in [-0.39, 0.29) is 66.9 Å². The first-order valence-electron chi connectivity index (χ1n) is 24.1. The van der Waals surface area contributed by atoms with Crippen molar-refractivity contribution in [2.24, 2.45) is 4.99 Å². The number of fused-ring (bicyclic) bond motifs is 4. The maximum atomic E-state index is 14.9. The molecule has 17 nitrogen and oxygen atoms in total. The first-order valence-corrected chi connectivity index (χ1v) is 24.5. The molecule has 4 heterocycles. The molecule has 3 aliphatic heterocycles. The number of piperidine rings is 1. The smallest absolute Gasteiger partial charge is 0.255 e. The highest BCUT2D eigenvalue weighted by Gasteiger charge is 2.40. The fourth-order valence-corrected chi connectivity index (χ4v) is 8.94. The Labute approximate surface area is 420 Å². The number of halogens is 3. The minimum atomic E-state index is -0.731. The number of imide groups is 1. The molecule has 0 saturated carbocycles. The molecule has 0 radical (unpaired) electrons. The molecule has 72 heavy (non-hydrogen) atoms. The number of carbonyl (C=O) groups excluding carboxylic acids is 5. The summed E-state index contributed by atoms with van der Waals surface area (Å²) in [7, 11) is 0. The van der Waals surface area contributed by atoms with Gasteiger partial charge in [-0.15, -0.1) is 0 Å². The Hall–Kier alpha value is -6.77. The summed E-state index contributed by atoms with van der Waals surface area (Å²) >= 11 is 6.35. The summed E-state index contributed by atoms with van der Waals surface area (Å²) in [4.78, 5) is 77.9. The van der Waals surface area contributed by atoms with E-state index in [1.165, 1.54) is 23.1 Å². The molecule has 8 rings (SSSR count). The zero-order valence-electron chi connectivity index (χ0n) is 39.6. The number of aromatic nitrogens is 2. The molecule has 4 aromatic rings. The second-order valence-electron chi connectivity index (χ2n) is 17.5. The number of amides is 5. The molecule has 0 spiro atoms. The number of ether oxygens (including phenoxy) is 3. The van der Waals surface area contributed by atoms with Gasteiger partial charge in [0.1, 0.15) is 17.7 Å². The van der Waals surface area contributed by atoms with E-state index in [9.17, 15) is 32.8 Å². The Morgan fingerprint density at radius 2 is 1.62 bits per heavy atom. The average molecular weight is 1010 g/mol. The number of nitrogens with one attached hydrogen (secondary N) is 5. The third kappa shape index (κ3) is 13.2. The van der Waals surface area contributed by atoms with Crippen LogP contribution in [0.15, 0.2) is 89.6 Å². The van der Waals surface area contributed by atoms with Crippen molar-refractivity contribution in [2.45, 2.75) is 70.1 Å². The number of aliphatic imine (C=N–C) groups is 1. The van der Waals surface area contributed by atoms with E-state index in [0.29, 0.717) is 128 Å². The van der Waals surface area contributed by atoms with E-state index in [1.54, 1.807) is 48.7 Å². The zero-order chi connectivity index (χ0) is 50.4. The lowest BCUT2D eigenvalue weighted by atomic mass is 9.95. The van der Waals surface area contributed by atoms with Crippen LogP contribution < -0.4 is 26.6 Å². The Morgan fingerprint density at radius 3 is 2.39 bits per heavy atom. The monoisotopic (exact) mass is 1010 g/mol. The van der Waals surface area contributed by atoms with Crippen molar-refractivity contribution >= 4 is 58.5 Å². The van der Waals surface area contributed by atoms with Crippen LogP contribution >= 0.6 is 11.6 Å². The van der Waals surface area contributed by atoms with E-state index < -0.39 is 23.6 Å². The van der Waals surface area contributed by atoms with Crippen LogP contribution in [0.3, 0.4) is 0 Å². The molecule has 2 atom stereocenters. The van der Waals surface area contributed by atoms with Crippen LogP contribution in [-0.4, -0.2) is 121 Å². The number of rotatable bonds is 24. The van der Waals surface area contributed by atoms with E-state index in [2.05, 4.69) is 36.6 Å². The van der Waals surface area contributed by atoms with Crippen molar-refractivity contribution < 1.29 is 47.0 Å². The molecule has 1 aliphatic carbocycles. The fourth-order valence-electron chi connectivity index (χ4n) is 8.77. The second-order valence-corrected chi connectivity index (χ2v) is 17.9. The summed E-state index contributed by atoms with van der Waals surface area (Å²) in [6, 6.07) is 13.0. The van der Waals surface area contributed by atoms with Gasteiger partial charge in [0.25, 0.3) is 11.8 Å². The molecule has 0 bridgehead atoms. The predicted molar refractivity (Wildman–Crippen MR) is 265 cm³/mol. The van der Waals surface area contributed by atoms with Crippen molar-refractivity contribution in [2.75, 3.05) is 69.9 Å². The summed E-state index contributed by atoms with van der Waals surface area (Å²) in [6.07, 6.45) is 10.9. The van der Waals surface area contributed by atoms with Gasteiger partial charge in [-0.2, -0.15) is 0 Å². The minimum Gasteiger partial charge on any atom is -0.378 e. The standard InChI is InChI=1S/C52H56ClF2N9O8/c53-34-13-16-36-38(28-34)48(46-40(54)7-5-8-41(46)55)58-29-33-30-59-52(63-47(33)36)60-35-14-11-32(12-15-35)49(67)57-21-23-71-25-27-72-26-24-70-22-20-56-19-3-1-2-10-44(65)61-42-9-4-6-37-39(42)31-64(51(37)69)43-17-18-45(66)62-50(43)68/h4-9,11-14,16,28,30,35,43,56H,1-3,10,15,17-27,29,31H2,(H,57,67)(H,61,65)(H,59,60,63)(H,62,66,68). The van der Waals surface area contributed by atoms with Gasteiger partial charge in [-0.3, -0.25) is 34.3 Å². The van der Waals surface area contributed by atoms with Gasteiger partial charge in [0.2, 0.25) is 23.7 Å². The lowest BCUT2D eigenvalue weighted by Gasteiger charge is -2.29. The van der Waals surface area contributed by atoms with Crippen LogP contribution in [0.5, 0.6) is 0 Å². The molecule has 5 amide bonds. The van der Waals surface area contributed by atoms with Gasteiger partial charge in [-0.25, -0.2) is 18.7 Å². The van der Waals surface area contributed by atoms with Crippen molar-refractivity contribution in [1.29, 1.82) is 0 Å². The highest BCUT2D eigenvalue weighted by Crippen LogP contribution is 2.35. The van der Waals surface area contributed by atoms with Gasteiger partial charge in [0.15, 0.2) is 0 Å². The molecular weight excluding hydrogens is 952 g/mol. The molecule has 378 valence electrons. The lowest BCUT2D eigenvalue weighted by Crippen LogP contribution is -2.52. The zero-order valence-corrected chi connectivity index (χ0v) is 40.3. The van der Waals surface area contributed by atoms with Crippen LogP contribution in [0.25, 0.3) is 11.3 Å². The SMILES string of the molecule is O=C1CCC(N2Cc3c(NC(=O)CCCCCNCCOCCOCCOCCNC(=O)C4=CCC(Nc5ncc6c(n5)-c5ccc(Cl)cc5C(c5c(F)cccc5F)=NC6)C=C4)cccc3C2=O)C(=O)N1. The third-order valence-corrected chi connectivity index (χ3v) is 12.7. The minimum absolute atomic E-state index is 0.106. The Morgan fingerprint density at radius 1 is 0.861 bits per heavy atom. The maximum absolute atomic E-state index is 14.9. The maximum Gasteiger partial charge on any atom is 0.255 e. The molecule has 4 aliphatic rings. The van der Waals surface area contributed by atoms with Crippen molar-refractivity contribution in [3.8, 4) is 11.3 Å². The molecular formula is C52H56ClF2N9O8. The molecule has 20 heteroatoms. The number of nitrogens with zero attached hydrogens (tertiary/aromatic N) is 4. The van der Waals surface area contributed by atoms with E-state index in [0.717, 1.165) is 19.4 Å². The Balaban J connectivity index is 0.624. The molecule has 5 N–H and O–H groups in total. The van der Waals surface area contributed by atoms with Gasteiger partial charge in [0, 0.05) is 82.8 Å². The molecule has 1 saturated heterocycles. The average Bonchev–Trinajstić information content (AvgIpc) is 3.62. The van der Waals surface area contributed by atoms with E-state index in [4.69, 9.17) is 30.8 Å². The first-order chi connectivity index (χ1) is 35.0. The van der Waals surface area contributed by atoms with Gasteiger partial charge >= 0.3 is 0 Å². The Kier molecular flexibility index (Phi) is 18.0. The summed E-state index contributed by atoms with van der Waals surface area (Å²) in [5.74, 6) is -2.56. The lowest BCUT2D eigenvalue weighted by molar-refractivity contribution is -0.137. The second kappa shape index (κ2) is 25.1. The van der Waals surface area contributed by atoms with Crippen LogP contribution in [0.2, 0.25) is 5.02 Å². The van der Waals surface area contributed by atoms with Crippen LogP contribution in [0.4, 0.5) is 20.4 Å². The Bertz CT molecular complexity index is 2750. The number of anilines is 2. The molecule has 3 aromatic carbocycles. The molecule has 2 unspecified atom stereocenters. The molecule has 1 aromatic heterocycles. The van der Waals surface area contributed by atoms with Crippen molar-refractivity contribution in [3.63, 3.8) is 0 Å². The largest absolute Gasteiger partial charge is 0.378 e. The van der Waals surface area contributed by atoms with E-state index >= 15 is 0 Å². The van der Waals surface area contributed by atoms with Crippen LogP contribution in [-0.2, 0) is 46.5 Å². The van der Waals surface area contributed by atoms with Crippen molar-refractivity contribution in [1.82, 2.24) is 30.8 Å². The normalized spacial score (nSPS) is 17.0. The van der Waals surface area contributed by atoms with Crippen LogP contribution in [0, 0.1) is 11.6 Å². The van der Waals surface area contributed by atoms with Gasteiger partial charge in [0.05, 0.1) is 69.2 Å².